The second-order valence-electron chi connectivity index (χ2n) is 7.83. The monoisotopic (exact) mass is 437 g/mol. The van der Waals surface area contributed by atoms with Gasteiger partial charge in [0.2, 0.25) is 5.91 Å². The third-order valence-corrected chi connectivity index (χ3v) is 5.63. The molecule has 1 saturated heterocycles. The van der Waals surface area contributed by atoms with Crippen LogP contribution in [0.25, 0.3) is 10.9 Å². The van der Waals surface area contributed by atoms with Crippen molar-refractivity contribution in [2.75, 3.05) is 18.5 Å². The average Bonchev–Trinajstić information content (AvgIpc) is 3.17. The molecule has 1 amide bonds. The van der Waals surface area contributed by atoms with Gasteiger partial charge in [-0.25, -0.2) is 4.98 Å². The number of hydrogen-bond donors (Lipinski definition) is 1. The molecule has 0 aliphatic carbocycles. The Hall–Kier alpha value is -4.35. The minimum absolute atomic E-state index is 0.133. The highest BCUT2D eigenvalue weighted by molar-refractivity contribution is 6.16. The maximum atomic E-state index is 13.4. The molecule has 0 spiro atoms. The van der Waals surface area contributed by atoms with Gasteiger partial charge in [-0.3, -0.25) is 14.6 Å². The second-order valence-corrected chi connectivity index (χ2v) is 7.83. The highest BCUT2D eigenvalue weighted by Crippen LogP contribution is 2.29. The molecule has 8 heteroatoms. The predicted molar refractivity (Wildman–Crippen MR) is 121 cm³/mol. The van der Waals surface area contributed by atoms with Crippen molar-refractivity contribution in [3.8, 4) is 6.07 Å². The number of nitrogens with one attached hydrogen (secondary N) is 1. The number of hydrogen-bond acceptors (Lipinski definition) is 6. The predicted octanol–water partition coefficient (Wildman–Crippen LogP) is 3.29. The number of carbonyl (C=O) groups is 2. The first-order valence-corrected chi connectivity index (χ1v) is 10.4. The van der Waals surface area contributed by atoms with Crippen molar-refractivity contribution in [3.05, 3.63) is 89.5 Å². The van der Waals surface area contributed by atoms with E-state index in [1.54, 1.807) is 48.8 Å². The van der Waals surface area contributed by atoms with Crippen LogP contribution < -0.4 is 5.32 Å². The van der Waals surface area contributed by atoms with Crippen LogP contribution in [0.15, 0.2) is 67.3 Å². The Bertz CT molecular complexity index is 1400. The molecule has 1 aliphatic heterocycles. The lowest BCUT2D eigenvalue weighted by atomic mass is 10.0. The van der Waals surface area contributed by atoms with Crippen LogP contribution in [0.5, 0.6) is 0 Å². The molecule has 33 heavy (non-hydrogen) atoms. The van der Waals surface area contributed by atoms with Crippen LogP contribution in [-0.4, -0.2) is 39.4 Å². The van der Waals surface area contributed by atoms with Crippen molar-refractivity contribution in [1.82, 2.24) is 14.5 Å². The van der Waals surface area contributed by atoms with E-state index < -0.39 is 0 Å². The molecular weight excluding hydrogens is 418 g/mol. The van der Waals surface area contributed by atoms with Crippen LogP contribution in [0, 0.1) is 11.3 Å². The number of rotatable bonds is 6. The lowest BCUT2D eigenvalue weighted by Crippen LogP contribution is -2.30. The largest absolute Gasteiger partial charge is 0.377 e. The molecule has 1 fully saturated rings. The van der Waals surface area contributed by atoms with E-state index in [9.17, 15) is 9.59 Å². The Morgan fingerprint density at radius 1 is 1.15 bits per heavy atom. The summed E-state index contributed by atoms with van der Waals surface area (Å²) in [5.41, 5.74) is 3.22. The molecule has 1 N–H and O–H groups in total. The summed E-state index contributed by atoms with van der Waals surface area (Å²) in [6, 6.07) is 14.2. The van der Waals surface area contributed by atoms with E-state index in [0.717, 1.165) is 16.5 Å². The Balaban J connectivity index is 1.36. The first kappa shape index (κ1) is 20.5. The first-order chi connectivity index (χ1) is 16.1. The van der Waals surface area contributed by atoms with Gasteiger partial charge in [-0.05, 0) is 35.9 Å². The number of pyridine rings is 2. The van der Waals surface area contributed by atoms with Crippen LogP contribution in [0.3, 0.4) is 0 Å². The standard InChI is InChI=1S/C25H19N5O3/c26-11-17-3-1-16(2-4-17)9-24(31)29-23-10-18(5-8-28-23)25(32)21-13-30(19-14-33-15-19)22-6-7-27-12-20(21)22/h1-8,10,12-13,19H,9,14-15H2,(H,28,29,31). The van der Waals surface area contributed by atoms with Crippen molar-refractivity contribution in [2.45, 2.75) is 12.5 Å². The summed E-state index contributed by atoms with van der Waals surface area (Å²) in [6.07, 6.45) is 6.89. The molecule has 1 aromatic carbocycles. The number of benzene rings is 1. The Kier molecular flexibility index (Phi) is 5.39. The van der Waals surface area contributed by atoms with Crippen molar-refractivity contribution in [2.24, 2.45) is 0 Å². The number of anilines is 1. The van der Waals surface area contributed by atoms with Gasteiger partial charge in [0, 0.05) is 41.3 Å². The maximum absolute atomic E-state index is 13.4. The van der Waals surface area contributed by atoms with Crippen molar-refractivity contribution < 1.29 is 14.3 Å². The van der Waals surface area contributed by atoms with Gasteiger partial charge in [-0.1, -0.05) is 12.1 Å². The van der Waals surface area contributed by atoms with Crippen molar-refractivity contribution >= 4 is 28.4 Å². The molecule has 5 rings (SSSR count). The van der Waals surface area contributed by atoms with E-state index in [1.165, 1.54) is 6.20 Å². The topological polar surface area (TPSA) is 110 Å². The Labute approximate surface area is 189 Å². The van der Waals surface area contributed by atoms with Gasteiger partial charge in [0.25, 0.3) is 0 Å². The number of ether oxygens (including phenoxy) is 1. The summed E-state index contributed by atoms with van der Waals surface area (Å²) >= 11 is 0. The van der Waals surface area contributed by atoms with Crippen molar-refractivity contribution in [3.63, 3.8) is 0 Å². The Morgan fingerprint density at radius 2 is 1.97 bits per heavy atom. The second kappa shape index (κ2) is 8.65. The van der Waals surface area contributed by atoms with Crippen LogP contribution in [0.1, 0.15) is 33.1 Å². The Morgan fingerprint density at radius 3 is 2.70 bits per heavy atom. The molecule has 0 unspecified atom stereocenters. The summed E-state index contributed by atoms with van der Waals surface area (Å²) in [4.78, 5) is 34.2. The van der Waals surface area contributed by atoms with Crippen LogP contribution in [0.4, 0.5) is 5.82 Å². The summed E-state index contributed by atoms with van der Waals surface area (Å²) in [5, 5.41) is 12.4. The minimum atomic E-state index is -0.261. The molecule has 162 valence electrons. The molecule has 1 aliphatic rings. The van der Waals surface area contributed by atoms with Gasteiger partial charge in [-0.15, -0.1) is 0 Å². The van der Waals surface area contributed by atoms with E-state index in [0.29, 0.717) is 35.7 Å². The zero-order valence-corrected chi connectivity index (χ0v) is 17.6. The number of amides is 1. The maximum Gasteiger partial charge on any atom is 0.229 e. The fourth-order valence-corrected chi connectivity index (χ4v) is 3.83. The third kappa shape index (κ3) is 4.10. The third-order valence-electron chi connectivity index (χ3n) is 5.63. The zero-order valence-electron chi connectivity index (χ0n) is 17.6. The van der Waals surface area contributed by atoms with E-state index in [4.69, 9.17) is 10.00 Å². The number of carbonyl (C=O) groups excluding carboxylic acids is 2. The lowest BCUT2D eigenvalue weighted by molar-refractivity contribution is -0.115. The van der Waals surface area contributed by atoms with Gasteiger partial charge < -0.3 is 14.6 Å². The summed E-state index contributed by atoms with van der Waals surface area (Å²) in [6.45, 7) is 1.23. The average molecular weight is 437 g/mol. The lowest BCUT2D eigenvalue weighted by Gasteiger charge is -2.28. The van der Waals surface area contributed by atoms with Gasteiger partial charge in [-0.2, -0.15) is 5.26 Å². The normalized spacial score (nSPS) is 13.3. The number of nitriles is 1. The van der Waals surface area contributed by atoms with E-state index >= 15 is 0 Å². The van der Waals surface area contributed by atoms with Crippen LogP contribution >= 0.6 is 0 Å². The van der Waals surface area contributed by atoms with Gasteiger partial charge in [0.15, 0.2) is 5.78 Å². The zero-order chi connectivity index (χ0) is 22.8. The van der Waals surface area contributed by atoms with E-state index in [-0.39, 0.29) is 24.2 Å². The fourth-order valence-electron chi connectivity index (χ4n) is 3.83. The number of nitrogens with zero attached hydrogens (tertiary/aromatic N) is 4. The minimum Gasteiger partial charge on any atom is -0.377 e. The molecule has 0 bridgehead atoms. The molecule has 0 atom stereocenters. The fraction of sp³-hybridized carbons (Fsp3) is 0.160. The molecule has 4 aromatic rings. The van der Waals surface area contributed by atoms with Gasteiger partial charge >= 0.3 is 0 Å². The quantitative estimate of drug-likeness (QED) is 0.464. The molecule has 8 nitrogen and oxygen atoms in total. The highest BCUT2D eigenvalue weighted by Gasteiger charge is 2.25. The summed E-state index contributed by atoms with van der Waals surface area (Å²) < 4.78 is 7.38. The van der Waals surface area contributed by atoms with E-state index in [2.05, 4.69) is 19.9 Å². The van der Waals surface area contributed by atoms with Gasteiger partial charge in [0.05, 0.1) is 42.8 Å². The molecule has 4 heterocycles. The number of fused-ring (bicyclic) bond motifs is 1. The van der Waals surface area contributed by atoms with Crippen molar-refractivity contribution in [1.29, 1.82) is 5.26 Å². The summed E-state index contributed by atoms with van der Waals surface area (Å²) in [7, 11) is 0. The molecule has 0 saturated carbocycles. The SMILES string of the molecule is N#Cc1ccc(CC(=O)Nc2cc(C(=O)c3cn(C4COC4)c4ccncc34)ccn2)cc1. The number of ketones is 1. The van der Waals surface area contributed by atoms with Gasteiger partial charge in [0.1, 0.15) is 5.82 Å². The number of aromatic nitrogens is 3. The van der Waals surface area contributed by atoms with E-state index in [1.807, 2.05) is 18.3 Å². The molecular formula is C25H19N5O3. The molecule has 0 radical (unpaired) electrons. The van der Waals surface area contributed by atoms with Crippen LogP contribution in [-0.2, 0) is 16.0 Å². The molecule has 3 aromatic heterocycles. The summed E-state index contributed by atoms with van der Waals surface area (Å²) in [5.74, 6) is -0.131. The highest BCUT2D eigenvalue weighted by atomic mass is 16.5. The first-order valence-electron chi connectivity index (χ1n) is 10.4. The smallest absolute Gasteiger partial charge is 0.229 e. The van der Waals surface area contributed by atoms with Crippen LogP contribution in [0.2, 0.25) is 0 Å².